The first-order valence-electron chi connectivity index (χ1n) is 7.61. The number of aromatic nitrogens is 2. The fraction of sp³-hybridized carbons (Fsp3) is 0.312. The molecular weight excluding hydrogens is 311 g/mol. The Morgan fingerprint density at radius 3 is 2.96 bits per heavy atom. The van der Waals surface area contributed by atoms with Crippen LogP contribution in [-0.2, 0) is 20.0 Å². The van der Waals surface area contributed by atoms with Crippen molar-refractivity contribution in [1.29, 1.82) is 0 Å². The van der Waals surface area contributed by atoms with Crippen LogP contribution in [0.25, 0.3) is 0 Å². The number of carbonyl (C=O) groups is 1. The second-order valence-electron chi connectivity index (χ2n) is 5.47. The highest BCUT2D eigenvalue weighted by atomic mass is 16.6. The molecule has 0 saturated heterocycles. The van der Waals surface area contributed by atoms with Crippen LogP contribution in [0.2, 0.25) is 0 Å². The minimum absolute atomic E-state index is 0.184. The summed E-state index contributed by atoms with van der Waals surface area (Å²) in [5, 5.41) is 10.7. The van der Waals surface area contributed by atoms with Crippen molar-refractivity contribution in [3.8, 4) is 11.6 Å². The number of hydrogen-bond donors (Lipinski definition) is 1. The van der Waals surface area contributed by atoms with E-state index in [1.807, 2.05) is 6.92 Å². The summed E-state index contributed by atoms with van der Waals surface area (Å²) in [4.78, 5) is 19.7. The Kier molecular flexibility index (Phi) is 4.50. The van der Waals surface area contributed by atoms with E-state index in [9.17, 15) is 9.90 Å². The van der Waals surface area contributed by atoms with Gasteiger partial charge >= 0.3 is 13.5 Å². The van der Waals surface area contributed by atoms with Gasteiger partial charge in [0.2, 0.25) is 5.88 Å². The minimum atomic E-state index is -1.67. The molecule has 124 valence electrons. The molecule has 1 unspecified atom stereocenters. The number of rotatable bonds is 5. The standard InChI is InChI=1S/C16H17BN2O5/c1-3-22-14(20)8-16(21)15-10(2)6-11(7-12(15)17-24-16)23-13-9-18-4-5-19-13/h4-7,9,17,21H,3,8H2,1-2H3. The smallest absolute Gasteiger partial charge is 0.313 e. The van der Waals surface area contributed by atoms with Gasteiger partial charge in [0.25, 0.3) is 0 Å². The lowest BCUT2D eigenvalue weighted by molar-refractivity contribution is -0.174. The van der Waals surface area contributed by atoms with Gasteiger partial charge in [-0.1, -0.05) is 0 Å². The fourth-order valence-electron chi connectivity index (χ4n) is 2.83. The quantitative estimate of drug-likeness (QED) is 0.637. The lowest BCUT2D eigenvalue weighted by Gasteiger charge is -2.25. The summed E-state index contributed by atoms with van der Waals surface area (Å²) in [6.45, 7) is 3.80. The zero-order valence-electron chi connectivity index (χ0n) is 13.5. The average Bonchev–Trinajstić information content (AvgIpc) is 2.85. The number of aliphatic hydroxyl groups is 1. The molecule has 1 aliphatic heterocycles. The second-order valence-corrected chi connectivity index (χ2v) is 5.47. The fourth-order valence-corrected chi connectivity index (χ4v) is 2.83. The Morgan fingerprint density at radius 1 is 1.42 bits per heavy atom. The highest BCUT2D eigenvalue weighted by Gasteiger charge is 2.42. The molecule has 0 aliphatic carbocycles. The number of fused-ring (bicyclic) bond motifs is 1. The maximum absolute atomic E-state index is 11.7. The number of hydrogen-bond acceptors (Lipinski definition) is 7. The third kappa shape index (κ3) is 3.24. The molecule has 0 radical (unpaired) electrons. The van der Waals surface area contributed by atoms with E-state index in [-0.39, 0.29) is 20.5 Å². The largest absolute Gasteiger partial charge is 0.466 e. The summed E-state index contributed by atoms with van der Waals surface area (Å²) in [6.07, 6.45) is 4.36. The highest BCUT2D eigenvalue weighted by molar-refractivity contribution is 6.49. The van der Waals surface area contributed by atoms with Crippen molar-refractivity contribution in [3.63, 3.8) is 0 Å². The first kappa shape index (κ1) is 16.4. The molecule has 2 aromatic rings. The molecule has 24 heavy (non-hydrogen) atoms. The lowest BCUT2D eigenvalue weighted by Crippen LogP contribution is -2.31. The number of benzene rings is 1. The Hall–Kier alpha value is -2.45. The molecule has 0 bridgehead atoms. The van der Waals surface area contributed by atoms with Gasteiger partial charge in [0.05, 0.1) is 12.8 Å². The molecule has 1 aliphatic rings. The van der Waals surface area contributed by atoms with Crippen LogP contribution < -0.4 is 10.2 Å². The molecule has 1 N–H and O–H groups in total. The third-order valence-corrected chi connectivity index (χ3v) is 3.70. The maximum atomic E-state index is 11.7. The van der Waals surface area contributed by atoms with Gasteiger partial charge in [-0.15, -0.1) is 0 Å². The summed E-state index contributed by atoms with van der Waals surface area (Å²) < 4.78 is 16.1. The minimum Gasteiger partial charge on any atom is -0.466 e. The number of nitrogens with zero attached hydrogens (tertiary/aromatic N) is 2. The predicted molar refractivity (Wildman–Crippen MR) is 86.3 cm³/mol. The van der Waals surface area contributed by atoms with Crippen LogP contribution in [-0.4, -0.2) is 35.1 Å². The normalized spacial score (nSPS) is 18.6. The van der Waals surface area contributed by atoms with E-state index in [1.165, 1.54) is 12.4 Å². The summed E-state index contributed by atoms with van der Waals surface area (Å²) in [7, 11) is 0.184. The molecule has 7 nitrogen and oxygen atoms in total. The van der Waals surface area contributed by atoms with E-state index in [0.717, 1.165) is 11.0 Å². The van der Waals surface area contributed by atoms with Crippen molar-refractivity contribution < 1.29 is 24.0 Å². The molecule has 0 saturated carbocycles. The molecule has 0 spiro atoms. The van der Waals surface area contributed by atoms with E-state index >= 15 is 0 Å². The van der Waals surface area contributed by atoms with Crippen molar-refractivity contribution in [2.24, 2.45) is 0 Å². The topological polar surface area (TPSA) is 90.8 Å². The van der Waals surface area contributed by atoms with Gasteiger partial charge in [-0.3, -0.25) is 9.78 Å². The Labute approximate surface area is 139 Å². The van der Waals surface area contributed by atoms with Crippen LogP contribution in [0.3, 0.4) is 0 Å². The van der Waals surface area contributed by atoms with Gasteiger partial charge in [-0.2, -0.15) is 0 Å². The van der Waals surface area contributed by atoms with Gasteiger partial charge in [-0.05, 0) is 37.0 Å². The van der Waals surface area contributed by atoms with E-state index in [0.29, 0.717) is 17.2 Å². The van der Waals surface area contributed by atoms with Crippen LogP contribution >= 0.6 is 0 Å². The number of esters is 1. The molecule has 8 heteroatoms. The summed E-state index contributed by atoms with van der Waals surface area (Å²) >= 11 is 0. The molecule has 3 rings (SSSR count). The van der Waals surface area contributed by atoms with E-state index in [4.69, 9.17) is 14.1 Å². The van der Waals surface area contributed by atoms with Crippen LogP contribution in [0.5, 0.6) is 11.6 Å². The third-order valence-electron chi connectivity index (χ3n) is 3.70. The highest BCUT2D eigenvalue weighted by Crippen LogP contribution is 2.34. The van der Waals surface area contributed by atoms with Crippen LogP contribution in [0, 0.1) is 6.92 Å². The average molecular weight is 328 g/mol. The number of carbonyl (C=O) groups excluding carboxylic acids is 1. The van der Waals surface area contributed by atoms with E-state index < -0.39 is 11.8 Å². The van der Waals surface area contributed by atoms with Gasteiger partial charge in [0, 0.05) is 18.0 Å². The molecule has 1 atom stereocenters. The van der Waals surface area contributed by atoms with Crippen molar-refractivity contribution in [1.82, 2.24) is 9.97 Å². The van der Waals surface area contributed by atoms with E-state index in [2.05, 4.69) is 9.97 Å². The summed E-state index contributed by atoms with van der Waals surface area (Å²) in [5.41, 5.74) is 2.11. The molecule has 2 heterocycles. The first-order chi connectivity index (χ1) is 11.5. The molecule has 1 aromatic carbocycles. The van der Waals surface area contributed by atoms with Crippen molar-refractivity contribution in [2.75, 3.05) is 6.61 Å². The molecule has 0 fully saturated rings. The zero-order chi connectivity index (χ0) is 17.2. The van der Waals surface area contributed by atoms with Gasteiger partial charge in [-0.25, -0.2) is 4.98 Å². The number of ether oxygens (including phenoxy) is 2. The van der Waals surface area contributed by atoms with Crippen molar-refractivity contribution in [2.45, 2.75) is 26.1 Å². The predicted octanol–water partition coefficient (Wildman–Crippen LogP) is 0.683. The Bertz CT molecular complexity index is 756. The molecule has 0 amide bonds. The maximum Gasteiger partial charge on any atom is 0.313 e. The number of aryl methyl sites for hydroxylation is 1. The second kappa shape index (κ2) is 6.58. The van der Waals surface area contributed by atoms with Gasteiger partial charge < -0.3 is 19.2 Å². The van der Waals surface area contributed by atoms with Crippen LogP contribution in [0.1, 0.15) is 24.5 Å². The lowest BCUT2D eigenvalue weighted by atomic mass is 9.83. The van der Waals surface area contributed by atoms with E-state index in [1.54, 1.807) is 25.3 Å². The summed E-state index contributed by atoms with van der Waals surface area (Å²) in [5.74, 6) is -1.24. The zero-order valence-corrected chi connectivity index (χ0v) is 13.5. The Morgan fingerprint density at radius 2 is 2.25 bits per heavy atom. The Balaban J connectivity index is 1.86. The monoisotopic (exact) mass is 328 g/mol. The van der Waals surface area contributed by atoms with Crippen LogP contribution in [0.4, 0.5) is 0 Å². The van der Waals surface area contributed by atoms with Crippen molar-refractivity contribution in [3.05, 3.63) is 41.9 Å². The van der Waals surface area contributed by atoms with Crippen molar-refractivity contribution >= 4 is 18.9 Å². The summed E-state index contributed by atoms with van der Waals surface area (Å²) in [6, 6.07) is 3.53. The molecular formula is C16H17BN2O5. The molecule has 1 aromatic heterocycles. The van der Waals surface area contributed by atoms with Gasteiger partial charge in [0.15, 0.2) is 5.79 Å². The SMILES string of the molecule is CCOC(=O)CC1(O)OBc2cc(Oc3cnccn3)cc(C)c21. The van der Waals surface area contributed by atoms with Crippen LogP contribution in [0.15, 0.2) is 30.7 Å². The first-order valence-corrected chi connectivity index (χ1v) is 7.61. The van der Waals surface area contributed by atoms with Gasteiger partial charge in [0.1, 0.15) is 12.2 Å².